The molecule has 0 amide bonds. The molecule has 0 saturated carbocycles. The minimum absolute atomic E-state index is 0.0405. The fourth-order valence-electron chi connectivity index (χ4n) is 1.85. The van der Waals surface area contributed by atoms with E-state index in [9.17, 15) is 10.1 Å². The van der Waals surface area contributed by atoms with Crippen molar-refractivity contribution in [3.63, 3.8) is 0 Å². The topological polar surface area (TPSA) is 73.8 Å². The molecule has 0 spiro atoms. The molecule has 7 heteroatoms. The highest BCUT2D eigenvalue weighted by molar-refractivity contribution is 7.99. The Morgan fingerprint density at radius 3 is 2.86 bits per heavy atom. The summed E-state index contributed by atoms with van der Waals surface area (Å²) in [7, 11) is 0. The molecule has 110 valence electrons. The SMILES string of the molecule is C=CCn1c(SC(C)C)nnc1-c1cccc([N+](=O)[O-])c1. The number of thioether (sulfide) groups is 1. The molecule has 21 heavy (non-hydrogen) atoms. The molecule has 2 rings (SSSR count). The highest BCUT2D eigenvalue weighted by atomic mass is 32.2. The second-order valence-corrected chi connectivity index (χ2v) is 6.22. The van der Waals surface area contributed by atoms with Crippen LogP contribution in [0.4, 0.5) is 5.69 Å². The van der Waals surface area contributed by atoms with Crippen LogP contribution < -0.4 is 0 Å². The molecule has 0 N–H and O–H groups in total. The van der Waals surface area contributed by atoms with Crippen LogP contribution in [-0.4, -0.2) is 24.9 Å². The zero-order valence-electron chi connectivity index (χ0n) is 11.9. The van der Waals surface area contributed by atoms with E-state index in [-0.39, 0.29) is 5.69 Å². The van der Waals surface area contributed by atoms with E-state index in [2.05, 4.69) is 30.6 Å². The van der Waals surface area contributed by atoms with Gasteiger partial charge in [-0.15, -0.1) is 16.8 Å². The third kappa shape index (κ3) is 3.49. The molecule has 1 aromatic carbocycles. The van der Waals surface area contributed by atoms with Gasteiger partial charge in [0.15, 0.2) is 11.0 Å². The van der Waals surface area contributed by atoms with Crippen LogP contribution in [0.3, 0.4) is 0 Å². The first-order valence-electron chi connectivity index (χ1n) is 6.48. The molecule has 0 aliphatic heterocycles. The first-order chi connectivity index (χ1) is 10.0. The van der Waals surface area contributed by atoms with Crippen LogP contribution in [-0.2, 0) is 6.54 Å². The maximum absolute atomic E-state index is 10.9. The molecular weight excluding hydrogens is 288 g/mol. The van der Waals surface area contributed by atoms with E-state index in [1.807, 2.05) is 4.57 Å². The zero-order valence-corrected chi connectivity index (χ0v) is 12.7. The van der Waals surface area contributed by atoms with E-state index >= 15 is 0 Å². The van der Waals surface area contributed by atoms with E-state index in [1.54, 1.807) is 30.0 Å². The summed E-state index contributed by atoms with van der Waals surface area (Å²) in [4.78, 5) is 10.5. The molecule has 0 aliphatic rings. The summed E-state index contributed by atoms with van der Waals surface area (Å²) in [6.07, 6.45) is 1.76. The quantitative estimate of drug-likeness (QED) is 0.353. The summed E-state index contributed by atoms with van der Waals surface area (Å²) < 4.78 is 1.91. The van der Waals surface area contributed by atoms with Gasteiger partial charge in [0.2, 0.25) is 0 Å². The predicted octanol–water partition coefficient (Wildman–Crippen LogP) is 3.54. The van der Waals surface area contributed by atoms with Crippen molar-refractivity contribution in [3.8, 4) is 11.4 Å². The van der Waals surface area contributed by atoms with Crippen LogP contribution in [0, 0.1) is 10.1 Å². The van der Waals surface area contributed by atoms with Crippen molar-refractivity contribution in [2.45, 2.75) is 30.8 Å². The largest absolute Gasteiger partial charge is 0.298 e. The van der Waals surface area contributed by atoms with Crippen molar-refractivity contribution in [3.05, 3.63) is 47.0 Å². The van der Waals surface area contributed by atoms with E-state index in [0.717, 1.165) is 5.16 Å². The van der Waals surface area contributed by atoms with Crippen molar-refractivity contribution < 1.29 is 4.92 Å². The van der Waals surface area contributed by atoms with Crippen LogP contribution in [0.5, 0.6) is 0 Å². The van der Waals surface area contributed by atoms with Gasteiger partial charge in [0.1, 0.15) is 0 Å². The van der Waals surface area contributed by atoms with Crippen LogP contribution in [0.15, 0.2) is 42.1 Å². The molecule has 1 aromatic heterocycles. The monoisotopic (exact) mass is 304 g/mol. The van der Waals surface area contributed by atoms with Crippen molar-refractivity contribution in [1.29, 1.82) is 0 Å². The minimum Gasteiger partial charge on any atom is -0.298 e. The number of aromatic nitrogens is 3. The molecule has 1 heterocycles. The number of allylic oxidation sites excluding steroid dienone is 1. The maximum Gasteiger partial charge on any atom is 0.270 e. The lowest BCUT2D eigenvalue weighted by atomic mass is 10.2. The van der Waals surface area contributed by atoms with E-state index in [0.29, 0.717) is 23.2 Å². The average Bonchev–Trinajstić information content (AvgIpc) is 2.82. The summed E-state index contributed by atoms with van der Waals surface area (Å²) in [6, 6.07) is 6.41. The lowest BCUT2D eigenvalue weighted by Gasteiger charge is -2.09. The van der Waals surface area contributed by atoms with E-state index < -0.39 is 4.92 Å². The lowest BCUT2D eigenvalue weighted by Crippen LogP contribution is -2.02. The molecule has 0 unspecified atom stereocenters. The summed E-state index contributed by atoms with van der Waals surface area (Å²) >= 11 is 1.60. The number of hydrogen-bond donors (Lipinski definition) is 0. The van der Waals surface area contributed by atoms with Crippen LogP contribution in [0.2, 0.25) is 0 Å². The summed E-state index contributed by atoms with van der Waals surface area (Å²) in [5.74, 6) is 0.613. The fraction of sp³-hybridized carbons (Fsp3) is 0.286. The number of hydrogen-bond acceptors (Lipinski definition) is 5. The van der Waals surface area contributed by atoms with Crippen LogP contribution in [0.25, 0.3) is 11.4 Å². The number of rotatable bonds is 6. The van der Waals surface area contributed by atoms with Gasteiger partial charge >= 0.3 is 0 Å². The Morgan fingerprint density at radius 1 is 1.48 bits per heavy atom. The normalized spacial score (nSPS) is 10.8. The predicted molar refractivity (Wildman–Crippen MR) is 83.3 cm³/mol. The van der Waals surface area contributed by atoms with Gasteiger partial charge in [-0.25, -0.2) is 0 Å². The van der Waals surface area contributed by atoms with Gasteiger partial charge in [-0.05, 0) is 0 Å². The smallest absolute Gasteiger partial charge is 0.270 e. The molecule has 0 radical (unpaired) electrons. The maximum atomic E-state index is 10.9. The van der Waals surface area contributed by atoms with Crippen molar-refractivity contribution in [2.24, 2.45) is 0 Å². The summed E-state index contributed by atoms with van der Waals surface area (Å²) in [5, 5.41) is 20.4. The van der Waals surface area contributed by atoms with Gasteiger partial charge in [-0.2, -0.15) is 0 Å². The van der Waals surface area contributed by atoms with Crippen molar-refractivity contribution in [2.75, 3.05) is 0 Å². The van der Waals surface area contributed by atoms with Gasteiger partial charge in [0, 0.05) is 29.5 Å². The Labute approximate surface area is 127 Å². The highest BCUT2D eigenvalue weighted by Crippen LogP contribution is 2.28. The third-order valence-corrected chi connectivity index (χ3v) is 3.67. The molecule has 0 saturated heterocycles. The highest BCUT2D eigenvalue weighted by Gasteiger charge is 2.16. The molecule has 0 fully saturated rings. The zero-order chi connectivity index (χ0) is 15.4. The minimum atomic E-state index is -0.415. The molecule has 2 aromatic rings. The molecule has 0 atom stereocenters. The number of nitrogens with zero attached hydrogens (tertiary/aromatic N) is 4. The van der Waals surface area contributed by atoms with Gasteiger partial charge in [0.25, 0.3) is 5.69 Å². The Hall–Kier alpha value is -2.15. The summed E-state index contributed by atoms with van der Waals surface area (Å²) in [6.45, 7) is 8.45. The number of nitro groups is 1. The first kappa shape index (κ1) is 15.2. The van der Waals surface area contributed by atoms with Gasteiger partial charge < -0.3 is 0 Å². The first-order valence-corrected chi connectivity index (χ1v) is 7.36. The lowest BCUT2D eigenvalue weighted by molar-refractivity contribution is -0.384. The van der Waals surface area contributed by atoms with E-state index in [1.165, 1.54) is 12.1 Å². The Balaban J connectivity index is 2.47. The molecule has 0 bridgehead atoms. The van der Waals surface area contributed by atoms with E-state index in [4.69, 9.17) is 0 Å². The third-order valence-electron chi connectivity index (χ3n) is 2.68. The van der Waals surface area contributed by atoms with Crippen LogP contribution >= 0.6 is 11.8 Å². The van der Waals surface area contributed by atoms with Crippen LogP contribution in [0.1, 0.15) is 13.8 Å². The number of benzene rings is 1. The average molecular weight is 304 g/mol. The van der Waals surface area contributed by atoms with Gasteiger partial charge in [-0.1, -0.05) is 43.8 Å². The second kappa shape index (κ2) is 6.53. The van der Waals surface area contributed by atoms with Gasteiger partial charge in [-0.3, -0.25) is 14.7 Å². The standard InChI is InChI=1S/C14H16N4O2S/c1-4-8-17-13(15-16-14(17)21-10(2)3)11-6-5-7-12(9-11)18(19)20/h4-7,9-10H,1,8H2,2-3H3. The Morgan fingerprint density at radius 2 is 2.24 bits per heavy atom. The Bertz CT molecular complexity index is 667. The van der Waals surface area contributed by atoms with Crippen molar-refractivity contribution >= 4 is 17.4 Å². The summed E-state index contributed by atoms with van der Waals surface area (Å²) in [5.41, 5.74) is 0.716. The number of nitro benzene ring substituents is 1. The van der Waals surface area contributed by atoms with Gasteiger partial charge in [0.05, 0.1) is 4.92 Å². The fourth-order valence-corrected chi connectivity index (χ4v) is 2.65. The Kier molecular flexibility index (Phi) is 4.74. The molecule has 0 aliphatic carbocycles. The van der Waals surface area contributed by atoms with Crippen molar-refractivity contribution in [1.82, 2.24) is 14.8 Å². The molecule has 6 nitrogen and oxygen atoms in total. The molecular formula is C14H16N4O2S. The second-order valence-electron chi connectivity index (χ2n) is 4.68. The number of non-ortho nitro benzene ring substituents is 1.